The van der Waals surface area contributed by atoms with E-state index in [0.717, 1.165) is 29.1 Å². The molecule has 2 rings (SSSR count). The minimum atomic E-state index is 0.202. The Balaban J connectivity index is 2.08. The number of hydrogen-bond acceptors (Lipinski definition) is 3. The minimum Gasteiger partial charge on any atom is -0.327 e. The Morgan fingerprint density at radius 1 is 1.24 bits per heavy atom. The van der Waals surface area contributed by atoms with E-state index in [0.29, 0.717) is 0 Å². The Morgan fingerprint density at radius 2 is 2.06 bits per heavy atom. The summed E-state index contributed by atoms with van der Waals surface area (Å²) in [6, 6.07) is 12.6. The number of fused-ring (bicyclic) bond motifs is 1. The van der Waals surface area contributed by atoms with Gasteiger partial charge in [-0.25, -0.2) is 0 Å². The van der Waals surface area contributed by atoms with Gasteiger partial charge in [0.25, 0.3) is 0 Å². The molecule has 0 fully saturated rings. The zero-order chi connectivity index (χ0) is 12.1. The summed E-state index contributed by atoms with van der Waals surface area (Å²) in [6.07, 6.45) is 0.859. The van der Waals surface area contributed by atoms with Crippen LogP contribution in [-0.2, 0) is 6.42 Å². The number of thioether (sulfide) groups is 1. The molecule has 0 amide bonds. The lowest BCUT2D eigenvalue weighted by Crippen LogP contribution is -2.26. The molecule has 90 valence electrons. The first-order valence-corrected chi connectivity index (χ1v) is 7.13. The number of nitrogens with zero attached hydrogens (tertiary/aromatic N) is 1. The number of nitrogens with two attached hydrogens (primary N) is 1. The molecule has 1 heterocycles. The standard InChI is InChI=1S/C14H18N2S/c1-2-17-10-12(15)9-13-8-7-11-5-3-4-6-14(11)16-13/h3-8,12H,2,9-10,15H2,1H3. The van der Waals surface area contributed by atoms with Crippen molar-refractivity contribution in [1.29, 1.82) is 0 Å². The fraction of sp³-hybridized carbons (Fsp3) is 0.357. The summed E-state index contributed by atoms with van der Waals surface area (Å²) in [5.41, 5.74) is 8.22. The Morgan fingerprint density at radius 3 is 2.88 bits per heavy atom. The molecular formula is C14H18N2S. The van der Waals surface area contributed by atoms with Crippen LogP contribution in [-0.4, -0.2) is 22.5 Å². The van der Waals surface area contributed by atoms with Crippen LogP contribution in [0.25, 0.3) is 10.9 Å². The number of rotatable bonds is 5. The third-order valence-electron chi connectivity index (χ3n) is 2.66. The predicted molar refractivity (Wildman–Crippen MR) is 76.4 cm³/mol. The van der Waals surface area contributed by atoms with E-state index >= 15 is 0 Å². The van der Waals surface area contributed by atoms with E-state index in [2.05, 4.69) is 30.1 Å². The third-order valence-corrected chi connectivity index (χ3v) is 3.74. The monoisotopic (exact) mass is 246 g/mol. The number of pyridine rings is 1. The van der Waals surface area contributed by atoms with Crippen LogP contribution in [0.2, 0.25) is 0 Å². The smallest absolute Gasteiger partial charge is 0.0705 e. The Hall–Kier alpha value is -1.06. The van der Waals surface area contributed by atoms with Crippen LogP contribution >= 0.6 is 11.8 Å². The first-order chi connectivity index (χ1) is 8.29. The first-order valence-electron chi connectivity index (χ1n) is 5.97. The molecule has 1 unspecified atom stereocenters. The second-order valence-electron chi connectivity index (χ2n) is 4.12. The van der Waals surface area contributed by atoms with Gasteiger partial charge in [-0.3, -0.25) is 4.98 Å². The Labute approximate surface area is 107 Å². The molecule has 1 atom stereocenters. The van der Waals surface area contributed by atoms with Gasteiger partial charge >= 0.3 is 0 Å². The van der Waals surface area contributed by atoms with Gasteiger partial charge in [-0.2, -0.15) is 11.8 Å². The minimum absolute atomic E-state index is 0.202. The average molecular weight is 246 g/mol. The molecule has 2 nitrogen and oxygen atoms in total. The predicted octanol–water partition coefficient (Wildman–Crippen LogP) is 2.86. The maximum atomic E-state index is 6.08. The van der Waals surface area contributed by atoms with Gasteiger partial charge in [0.2, 0.25) is 0 Å². The summed E-state index contributed by atoms with van der Waals surface area (Å²) in [6.45, 7) is 2.16. The summed E-state index contributed by atoms with van der Waals surface area (Å²) < 4.78 is 0. The Kier molecular flexibility index (Phi) is 4.40. The summed E-state index contributed by atoms with van der Waals surface area (Å²) in [5, 5.41) is 1.19. The lowest BCUT2D eigenvalue weighted by atomic mass is 10.1. The molecule has 0 bridgehead atoms. The van der Waals surface area contributed by atoms with Crippen molar-refractivity contribution >= 4 is 22.7 Å². The molecule has 0 saturated carbocycles. The number of hydrogen-bond donors (Lipinski definition) is 1. The molecule has 0 radical (unpaired) electrons. The summed E-state index contributed by atoms with van der Waals surface area (Å²) in [7, 11) is 0. The van der Waals surface area contributed by atoms with E-state index < -0.39 is 0 Å². The van der Waals surface area contributed by atoms with Gasteiger partial charge in [0.1, 0.15) is 0 Å². The van der Waals surface area contributed by atoms with Gasteiger partial charge in [0, 0.05) is 29.3 Å². The fourth-order valence-corrected chi connectivity index (χ4v) is 2.48. The number of aromatic nitrogens is 1. The zero-order valence-electron chi connectivity index (χ0n) is 10.1. The highest BCUT2D eigenvalue weighted by molar-refractivity contribution is 7.99. The molecule has 0 aliphatic rings. The van der Waals surface area contributed by atoms with E-state index in [4.69, 9.17) is 5.73 Å². The Bertz CT molecular complexity index is 484. The van der Waals surface area contributed by atoms with Crippen molar-refractivity contribution in [1.82, 2.24) is 4.98 Å². The molecule has 0 aliphatic heterocycles. The van der Waals surface area contributed by atoms with Crippen molar-refractivity contribution in [3.05, 3.63) is 42.1 Å². The molecule has 0 aliphatic carbocycles. The molecule has 0 spiro atoms. The highest BCUT2D eigenvalue weighted by atomic mass is 32.2. The largest absolute Gasteiger partial charge is 0.327 e. The second-order valence-corrected chi connectivity index (χ2v) is 5.44. The molecule has 0 saturated heterocycles. The van der Waals surface area contributed by atoms with Gasteiger partial charge in [-0.15, -0.1) is 0 Å². The van der Waals surface area contributed by atoms with Crippen LogP contribution in [0.3, 0.4) is 0 Å². The summed E-state index contributed by atoms with van der Waals surface area (Å²) in [4.78, 5) is 4.63. The van der Waals surface area contributed by atoms with E-state index in [1.165, 1.54) is 5.39 Å². The van der Waals surface area contributed by atoms with Crippen LogP contribution < -0.4 is 5.73 Å². The van der Waals surface area contributed by atoms with E-state index in [1.807, 2.05) is 30.0 Å². The summed E-state index contributed by atoms with van der Waals surface area (Å²) >= 11 is 1.89. The third kappa shape index (κ3) is 3.45. The number of benzene rings is 1. The lowest BCUT2D eigenvalue weighted by molar-refractivity contribution is 0.735. The van der Waals surface area contributed by atoms with Crippen molar-refractivity contribution in [3.63, 3.8) is 0 Å². The van der Waals surface area contributed by atoms with Crippen LogP contribution in [0.4, 0.5) is 0 Å². The topological polar surface area (TPSA) is 38.9 Å². The summed E-state index contributed by atoms with van der Waals surface area (Å²) in [5.74, 6) is 2.13. The highest BCUT2D eigenvalue weighted by Crippen LogP contribution is 2.13. The fourth-order valence-electron chi connectivity index (χ4n) is 1.82. The van der Waals surface area contributed by atoms with Crippen LogP contribution in [0.15, 0.2) is 36.4 Å². The quantitative estimate of drug-likeness (QED) is 0.881. The van der Waals surface area contributed by atoms with Crippen molar-refractivity contribution in [2.75, 3.05) is 11.5 Å². The van der Waals surface area contributed by atoms with E-state index in [-0.39, 0.29) is 6.04 Å². The average Bonchev–Trinajstić information content (AvgIpc) is 2.36. The molecule has 17 heavy (non-hydrogen) atoms. The SMILES string of the molecule is CCSCC(N)Cc1ccc2ccccc2n1. The second kappa shape index (κ2) is 6.03. The molecule has 2 aromatic rings. The molecule has 1 aromatic carbocycles. The first kappa shape index (κ1) is 12.4. The van der Waals surface area contributed by atoms with Gasteiger partial charge in [0.05, 0.1) is 5.52 Å². The zero-order valence-corrected chi connectivity index (χ0v) is 10.9. The van der Waals surface area contributed by atoms with Crippen molar-refractivity contribution < 1.29 is 0 Å². The van der Waals surface area contributed by atoms with Crippen molar-refractivity contribution in [2.45, 2.75) is 19.4 Å². The maximum absolute atomic E-state index is 6.08. The van der Waals surface area contributed by atoms with Crippen molar-refractivity contribution in [3.8, 4) is 0 Å². The van der Waals surface area contributed by atoms with Gasteiger partial charge < -0.3 is 5.73 Å². The van der Waals surface area contributed by atoms with Crippen LogP contribution in [0, 0.1) is 0 Å². The van der Waals surface area contributed by atoms with Gasteiger partial charge in [0.15, 0.2) is 0 Å². The van der Waals surface area contributed by atoms with Crippen molar-refractivity contribution in [2.24, 2.45) is 5.73 Å². The molecule has 2 N–H and O–H groups in total. The van der Waals surface area contributed by atoms with Gasteiger partial charge in [-0.05, 0) is 17.9 Å². The molecular weight excluding hydrogens is 228 g/mol. The number of para-hydroxylation sites is 1. The van der Waals surface area contributed by atoms with Gasteiger partial charge in [-0.1, -0.05) is 31.2 Å². The van der Waals surface area contributed by atoms with Crippen LogP contribution in [0.5, 0.6) is 0 Å². The normalized spacial score (nSPS) is 12.8. The van der Waals surface area contributed by atoms with E-state index in [9.17, 15) is 0 Å². The molecule has 3 heteroatoms. The van der Waals surface area contributed by atoms with Crippen LogP contribution in [0.1, 0.15) is 12.6 Å². The molecule has 1 aromatic heterocycles. The highest BCUT2D eigenvalue weighted by Gasteiger charge is 2.05. The lowest BCUT2D eigenvalue weighted by Gasteiger charge is -2.10. The van der Waals surface area contributed by atoms with E-state index in [1.54, 1.807) is 0 Å². The maximum Gasteiger partial charge on any atom is 0.0705 e.